The summed E-state index contributed by atoms with van der Waals surface area (Å²) < 4.78 is 0. The van der Waals surface area contributed by atoms with Gasteiger partial charge in [-0.1, -0.05) is 143 Å². The number of hydrogen-bond donors (Lipinski definition) is 0. The van der Waals surface area contributed by atoms with E-state index < -0.39 is 0 Å². The van der Waals surface area contributed by atoms with Gasteiger partial charge in [0.1, 0.15) is 0 Å². The van der Waals surface area contributed by atoms with Gasteiger partial charge in [0.05, 0.1) is 11.4 Å². The first-order valence-electron chi connectivity index (χ1n) is 19.0. The van der Waals surface area contributed by atoms with E-state index in [4.69, 9.17) is 0 Å². The first kappa shape index (κ1) is 32.3. The first-order chi connectivity index (χ1) is 26.3. The number of rotatable bonds is 5. The van der Waals surface area contributed by atoms with E-state index in [1.54, 1.807) is 0 Å². The van der Waals surface area contributed by atoms with Gasteiger partial charge in [-0.3, -0.25) is 0 Å². The van der Waals surface area contributed by atoms with Gasteiger partial charge in [0.25, 0.3) is 0 Å². The number of hydrogen-bond acceptors (Lipinski definition) is 2. The highest BCUT2D eigenvalue weighted by Crippen LogP contribution is 2.55. The van der Waals surface area contributed by atoms with E-state index in [0.717, 1.165) is 11.4 Å². The zero-order chi connectivity index (χ0) is 36.6. The SMILES string of the molecule is CC1(C)c2ccccc2-c2ccc(N3c4ccccc4C(C)(C)c4cc(/C=C/N(c5ccc6ccccc6c5)c5ccc6ccccc6c5)ccc43)cc21. The molecule has 0 unspecified atom stereocenters. The van der Waals surface area contributed by atoms with E-state index in [1.807, 2.05) is 0 Å². The number of para-hydroxylation sites is 1. The van der Waals surface area contributed by atoms with E-state index in [9.17, 15) is 0 Å². The third kappa shape index (κ3) is 5.01. The molecular weight excluding hydrogens is 653 g/mol. The molecule has 0 spiro atoms. The van der Waals surface area contributed by atoms with Crippen LogP contribution in [0.15, 0.2) is 176 Å². The minimum Gasteiger partial charge on any atom is -0.317 e. The smallest absolute Gasteiger partial charge is 0.0503 e. The van der Waals surface area contributed by atoms with Crippen LogP contribution in [-0.4, -0.2) is 0 Å². The molecule has 10 rings (SSSR count). The molecule has 0 saturated carbocycles. The van der Waals surface area contributed by atoms with Crippen molar-refractivity contribution in [3.8, 4) is 11.1 Å². The molecule has 2 nitrogen and oxygen atoms in total. The second kappa shape index (κ2) is 12.1. The number of anilines is 5. The summed E-state index contributed by atoms with van der Waals surface area (Å²) in [6, 6.07) is 62.6. The Bertz CT molecular complexity index is 2720. The minimum atomic E-state index is -0.200. The molecule has 0 saturated heterocycles. The second-order valence-corrected chi connectivity index (χ2v) is 15.9. The Balaban J connectivity index is 1.09. The summed E-state index contributed by atoms with van der Waals surface area (Å²) in [6.45, 7) is 9.46. The van der Waals surface area contributed by atoms with Crippen LogP contribution < -0.4 is 9.80 Å². The quantitative estimate of drug-likeness (QED) is 0.177. The van der Waals surface area contributed by atoms with Crippen molar-refractivity contribution in [2.75, 3.05) is 9.80 Å². The Morgan fingerprint density at radius 2 is 0.981 bits per heavy atom. The van der Waals surface area contributed by atoms with Gasteiger partial charge in [0.2, 0.25) is 0 Å². The highest BCUT2D eigenvalue weighted by atomic mass is 15.2. The molecule has 54 heavy (non-hydrogen) atoms. The van der Waals surface area contributed by atoms with Crippen LogP contribution in [0.5, 0.6) is 0 Å². The van der Waals surface area contributed by atoms with Crippen LogP contribution in [0.2, 0.25) is 0 Å². The van der Waals surface area contributed by atoms with Crippen molar-refractivity contribution in [1.29, 1.82) is 0 Å². The van der Waals surface area contributed by atoms with Crippen molar-refractivity contribution in [2.45, 2.75) is 38.5 Å². The van der Waals surface area contributed by atoms with Crippen LogP contribution in [0.1, 0.15) is 55.5 Å². The van der Waals surface area contributed by atoms with Crippen LogP contribution >= 0.6 is 0 Å². The largest absolute Gasteiger partial charge is 0.317 e. The third-order valence-corrected chi connectivity index (χ3v) is 12.0. The molecule has 0 aromatic heterocycles. The Hall–Kier alpha value is -6.38. The highest BCUT2D eigenvalue weighted by molar-refractivity contribution is 5.92. The summed E-state index contributed by atoms with van der Waals surface area (Å²) in [5.74, 6) is 0. The summed E-state index contributed by atoms with van der Waals surface area (Å²) in [7, 11) is 0. The number of fused-ring (bicyclic) bond motifs is 7. The molecule has 8 aromatic carbocycles. The van der Waals surface area contributed by atoms with E-state index in [-0.39, 0.29) is 10.8 Å². The molecule has 1 aliphatic heterocycles. The summed E-state index contributed by atoms with van der Waals surface area (Å²) >= 11 is 0. The number of nitrogens with zero attached hydrogens (tertiary/aromatic N) is 2. The predicted octanol–water partition coefficient (Wildman–Crippen LogP) is 14.2. The van der Waals surface area contributed by atoms with Crippen LogP contribution in [0, 0.1) is 0 Å². The molecule has 0 radical (unpaired) electrons. The van der Waals surface area contributed by atoms with Crippen molar-refractivity contribution in [3.05, 3.63) is 204 Å². The van der Waals surface area contributed by atoms with Gasteiger partial charge in [-0.15, -0.1) is 0 Å². The van der Waals surface area contributed by atoms with Gasteiger partial charge < -0.3 is 9.80 Å². The molecule has 2 heteroatoms. The normalized spacial score (nSPS) is 14.9. The van der Waals surface area contributed by atoms with Gasteiger partial charge in [0.15, 0.2) is 0 Å². The van der Waals surface area contributed by atoms with Gasteiger partial charge >= 0.3 is 0 Å². The lowest BCUT2D eigenvalue weighted by atomic mass is 9.73. The third-order valence-electron chi connectivity index (χ3n) is 12.0. The van der Waals surface area contributed by atoms with Crippen LogP contribution in [-0.2, 0) is 10.8 Å². The maximum atomic E-state index is 2.49. The number of benzene rings is 8. The average molecular weight is 695 g/mol. The van der Waals surface area contributed by atoms with Gasteiger partial charge in [-0.05, 0) is 121 Å². The van der Waals surface area contributed by atoms with E-state index in [0.29, 0.717) is 0 Å². The maximum Gasteiger partial charge on any atom is 0.0503 e. The molecule has 2 aliphatic rings. The zero-order valence-corrected chi connectivity index (χ0v) is 31.2. The fourth-order valence-electron chi connectivity index (χ4n) is 9.07. The topological polar surface area (TPSA) is 6.48 Å². The van der Waals surface area contributed by atoms with Crippen molar-refractivity contribution in [2.24, 2.45) is 0 Å². The van der Waals surface area contributed by atoms with Gasteiger partial charge in [0, 0.05) is 34.1 Å². The predicted molar refractivity (Wildman–Crippen MR) is 230 cm³/mol. The minimum absolute atomic E-state index is 0.0735. The molecular formula is C52H42N2. The zero-order valence-electron chi connectivity index (χ0n) is 31.2. The first-order valence-corrected chi connectivity index (χ1v) is 19.0. The van der Waals surface area contributed by atoms with Crippen LogP contribution in [0.3, 0.4) is 0 Å². The summed E-state index contributed by atoms with van der Waals surface area (Å²) in [6.07, 6.45) is 4.50. The molecule has 0 fully saturated rings. The molecule has 0 bridgehead atoms. The lowest BCUT2D eigenvalue weighted by Gasteiger charge is -2.42. The Morgan fingerprint density at radius 3 is 1.69 bits per heavy atom. The van der Waals surface area contributed by atoms with Crippen molar-refractivity contribution in [1.82, 2.24) is 0 Å². The second-order valence-electron chi connectivity index (χ2n) is 15.9. The summed E-state index contributed by atoms with van der Waals surface area (Å²) in [5.41, 5.74) is 14.9. The summed E-state index contributed by atoms with van der Waals surface area (Å²) in [5, 5.41) is 4.92. The molecule has 260 valence electrons. The van der Waals surface area contributed by atoms with Crippen molar-refractivity contribution >= 4 is 56.1 Å². The highest BCUT2D eigenvalue weighted by Gasteiger charge is 2.39. The van der Waals surface area contributed by atoms with Gasteiger partial charge in [-0.2, -0.15) is 0 Å². The molecule has 1 heterocycles. The fraction of sp³-hybridized carbons (Fsp3) is 0.115. The molecule has 0 atom stereocenters. The van der Waals surface area contributed by atoms with E-state index >= 15 is 0 Å². The molecule has 0 amide bonds. The van der Waals surface area contributed by atoms with Gasteiger partial charge in [-0.25, -0.2) is 0 Å². The van der Waals surface area contributed by atoms with Crippen molar-refractivity contribution in [3.63, 3.8) is 0 Å². The lowest BCUT2D eigenvalue weighted by Crippen LogP contribution is -2.30. The Morgan fingerprint density at radius 1 is 0.426 bits per heavy atom. The van der Waals surface area contributed by atoms with Crippen LogP contribution in [0.4, 0.5) is 28.4 Å². The maximum absolute atomic E-state index is 2.49. The van der Waals surface area contributed by atoms with E-state index in [2.05, 4.69) is 220 Å². The van der Waals surface area contributed by atoms with Crippen LogP contribution in [0.25, 0.3) is 38.7 Å². The van der Waals surface area contributed by atoms with E-state index in [1.165, 1.54) is 77.6 Å². The monoisotopic (exact) mass is 694 g/mol. The van der Waals surface area contributed by atoms with Crippen molar-refractivity contribution < 1.29 is 0 Å². The fourth-order valence-corrected chi connectivity index (χ4v) is 9.07. The molecule has 8 aromatic rings. The summed E-state index contributed by atoms with van der Waals surface area (Å²) in [4.78, 5) is 4.80. The lowest BCUT2D eigenvalue weighted by molar-refractivity contribution is 0.631. The Kier molecular flexibility index (Phi) is 7.22. The average Bonchev–Trinajstić information content (AvgIpc) is 3.43. The Labute approximate surface area is 318 Å². The molecule has 0 N–H and O–H groups in total. The molecule has 1 aliphatic carbocycles. The standard InChI is InChI=1S/C52H42N2/c1-51(2)45-18-10-9-17-43(45)44-27-26-42(34-47(44)51)54-49-20-12-11-19-46(49)52(3,4)48-31-35(21-28-50(48)54)29-30-53(40-24-22-36-13-5-7-15-38(36)32-40)41-25-23-37-14-6-8-16-39(37)33-41/h5-34H,1-4H3/b30-29+.